The molecule has 3 amide bonds. The van der Waals surface area contributed by atoms with Crippen LogP contribution in [0.2, 0.25) is 0 Å². The lowest BCUT2D eigenvalue weighted by Crippen LogP contribution is -2.55. The molecule has 2 aromatic carbocycles. The Hall–Kier alpha value is -4.03. The van der Waals surface area contributed by atoms with Gasteiger partial charge in [-0.25, -0.2) is 4.79 Å². The number of aliphatic carboxylic acids is 1. The number of nitrogens with one attached hydrogen (secondary N) is 4. The summed E-state index contributed by atoms with van der Waals surface area (Å²) in [5.41, 5.74) is 8.25. The molecular weight excluding hydrogens is 498 g/mol. The number of hydrogen-bond acceptors (Lipinski definition) is 7. The number of rotatable bonds is 12. The van der Waals surface area contributed by atoms with Crippen molar-refractivity contribution in [3.8, 4) is 5.75 Å². The molecule has 0 aliphatic carbocycles. The monoisotopic (exact) mass is 527 g/mol. The lowest BCUT2D eigenvalue weighted by Gasteiger charge is -2.21. The van der Waals surface area contributed by atoms with E-state index in [1.807, 2.05) is 24.3 Å². The highest BCUT2D eigenvalue weighted by molar-refractivity contribution is 7.80. The molecule has 1 heterocycles. The number of benzene rings is 2. The number of aromatic amines is 1. The van der Waals surface area contributed by atoms with E-state index in [-0.39, 0.29) is 24.3 Å². The highest BCUT2D eigenvalue weighted by Gasteiger charge is 2.27. The fraction of sp³-hybridized carbons (Fsp3) is 0.280. The average molecular weight is 528 g/mol. The van der Waals surface area contributed by atoms with Crippen LogP contribution in [0.4, 0.5) is 0 Å². The molecule has 0 bridgehead atoms. The molecule has 1 aromatic heterocycles. The van der Waals surface area contributed by atoms with Crippen LogP contribution in [0.15, 0.2) is 54.7 Å². The number of aromatic hydroxyl groups is 1. The number of aromatic nitrogens is 1. The zero-order chi connectivity index (χ0) is 26.9. The predicted octanol–water partition coefficient (Wildman–Crippen LogP) is 0.0862. The first-order valence-electron chi connectivity index (χ1n) is 11.5. The Bertz CT molecular complexity index is 1260. The highest BCUT2D eigenvalue weighted by atomic mass is 32.1. The lowest BCUT2D eigenvalue weighted by molar-refractivity contribution is -0.141. The SMILES string of the molecule is N[C@@H](Cc1ccc(O)cc1)C(=O)NCC(=O)N[C@@H](Cc1c[nH]c2ccccc12)C(=O)N[C@@H](CS)C(=O)O. The number of amides is 3. The quantitative estimate of drug-likeness (QED) is 0.153. The summed E-state index contributed by atoms with van der Waals surface area (Å²) in [7, 11) is 0. The molecule has 0 radical (unpaired) electrons. The van der Waals surface area contributed by atoms with Crippen molar-refractivity contribution < 1.29 is 29.4 Å². The minimum Gasteiger partial charge on any atom is -0.508 e. The maximum absolute atomic E-state index is 12.9. The smallest absolute Gasteiger partial charge is 0.327 e. The van der Waals surface area contributed by atoms with E-state index in [1.54, 1.807) is 18.3 Å². The van der Waals surface area contributed by atoms with Crippen LogP contribution < -0.4 is 21.7 Å². The van der Waals surface area contributed by atoms with Crippen LogP contribution in [0.5, 0.6) is 5.75 Å². The second-order valence-corrected chi connectivity index (χ2v) is 8.83. The molecule has 0 unspecified atom stereocenters. The summed E-state index contributed by atoms with van der Waals surface area (Å²) in [5.74, 6) is -3.21. The molecule has 0 fully saturated rings. The normalized spacial score (nSPS) is 13.4. The van der Waals surface area contributed by atoms with Gasteiger partial charge in [0.15, 0.2) is 0 Å². The van der Waals surface area contributed by atoms with Gasteiger partial charge in [-0.15, -0.1) is 0 Å². The number of para-hydroxylation sites is 1. The van der Waals surface area contributed by atoms with E-state index < -0.39 is 48.4 Å². The number of phenolic OH excluding ortho intramolecular Hbond substituents is 1. The molecule has 0 spiro atoms. The van der Waals surface area contributed by atoms with E-state index in [0.717, 1.165) is 22.0 Å². The Morgan fingerprint density at radius 2 is 1.65 bits per heavy atom. The highest BCUT2D eigenvalue weighted by Crippen LogP contribution is 2.19. The van der Waals surface area contributed by atoms with E-state index in [9.17, 15) is 29.4 Å². The molecule has 8 N–H and O–H groups in total. The minimum absolute atomic E-state index is 0.0782. The van der Waals surface area contributed by atoms with Gasteiger partial charge in [-0.1, -0.05) is 30.3 Å². The molecule has 196 valence electrons. The summed E-state index contributed by atoms with van der Waals surface area (Å²) in [6.07, 6.45) is 1.99. The van der Waals surface area contributed by atoms with Gasteiger partial charge in [0.05, 0.1) is 12.6 Å². The van der Waals surface area contributed by atoms with Gasteiger partial charge in [0, 0.05) is 29.3 Å². The van der Waals surface area contributed by atoms with Gasteiger partial charge < -0.3 is 36.9 Å². The number of carbonyl (C=O) groups is 4. The molecule has 37 heavy (non-hydrogen) atoms. The third-order valence-corrected chi connectivity index (χ3v) is 6.06. The van der Waals surface area contributed by atoms with Crippen LogP contribution in [0.3, 0.4) is 0 Å². The number of carboxylic acids is 1. The summed E-state index contributed by atoms with van der Waals surface area (Å²) < 4.78 is 0. The van der Waals surface area contributed by atoms with E-state index in [0.29, 0.717) is 0 Å². The summed E-state index contributed by atoms with van der Waals surface area (Å²) in [6.45, 7) is -0.436. The number of H-pyrrole nitrogens is 1. The Kier molecular flexibility index (Phi) is 9.52. The molecule has 3 rings (SSSR count). The third-order valence-electron chi connectivity index (χ3n) is 5.70. The summed E-state index contributed by atoms with van der Waals surface area (Å²) in [5, 5.41) is 26.9. The maximum Gasteiger partial charge on any atom is 0.327 e. The number of hydrogen-bond donors (Lipinski definition) is 8. The van der Waals surface area contributed by atoms with Gasteiger partial charge in [-0.3, -0.25) is 14.4 Å². The van der Waals surface area contributed by atoms with Crippen molar-refractivity contribution in [3.63, 3.8) is 0 Å². The average Bonchev–Trinajstić information content (AvgIpc) is 3.29. The topological polar surface area (TPSA) is 187 Å². The van der Waals surface area contributed by atoms with Gasteiger partial charge in [0.1, 0.15) is 17.8 Å². The summed E-state index contributed by atoms with van der Waals surface area (Å²) >= 11 is 3.96. The minimum atomic E-state index is -1.25. The van der Waals surface area contributed by atoms with E-state index in [1.165, 1.54) is 12.1 Å². The Morgan fingerprint density at radius 1 is 0.946 bits per heavy atom. The van der Waals surface area contributed by atoms with E-state index in [2.05, 4.69) is 33.6 Å². The number of thiol groups is 1. The van der Waals surface area contributed by atoms with Crippen molar-refractivity contribution in [2.24, 2.45) is 5.73 Å². The van der Waals surface area contributed by atoms with Crippen molar-refractivity contribution in [1.82, 2.24) is 20.9 Å². The molecular formula is C25H29N5O6S. The molecule has 11 nitrogen and oxygen atoms in total. The first-order valence-corrected chi connectivity index (χ1v) is 12.1. The fourth-order valence-corrected chi connectivity index (χ4v) is 3.96. The predicted molar refractivity (Wildman–Crippen MR) is 140 cm³/mol. The van der Waals surface area contributed by atoms with Crippen LogP contribution in [-0.2, 0) is 32.0 Å². The van der Waals surface area contributed by atoms with Gasteiger partial charge >= 0.3 is 5.97 Å². The zero-order valence-corrected chi connectivity index (χ0v) is 20.7. The molecule has 0 saturated carbocycles. The zero-order valence-electron chi connectivity index (χ0n) is 19.8. The second-order valence-electron chi connectivity index (χ2n) is 8.46. The molecule has 12 heteroatoms. The van der Waals surface area contributed by atoms with Crippen LogP contribution >= 0.6 is 12.6 Å². The van der Waals surface area contributed by atoms with Gasteiger partial charge in [-0.05, 0) is 35.7 Å². The maximum atomic E-state index is 12.9. The summed E-state index contributed by atoms with van der Waals surface area (Å²) in [6, 6.07) is 10.4. The second kappa shape index (κ2) is 12.8. The summed E-state index contributed by atoms with van der Waals surface area (Å²) in [4.78, 5) is 52.4. The molecule has 3 aromatic rings. The van der Waals surface area contributed by atoms with Crippen molar-refractivity contribution in [2.75, 3.05) is 12.3 Å². The van der Waals surface area contributed by atoms with E-state index >= 15 is 0 Å². The van der Waals surface area contributed by atoms with Crippen molar-refractivity contribution in [2.45, 2.75) is 31.0 Å². The largest absolute Gasteiger partial charge is 0.508 e. The van der Waals surface area contributed by atoms with Crippen LogP contribution in [0, 0.1) is 0 Å². The Labute approximate surface area is 218 Å². The van der Waals surface area contributed by atoms with Crippen LogP contribution in [0.25, 0.3) is 10.9 Å². The third kappa shape index (κ3) is 7.72. The number of phenols is 1. The van der Waals surface area contributed by atoms with Crippen LogP contribution in [-0.4, -0.2) is 69.3 Å². The Balaban J connectivity index is 1.64. The first kappa shape index (κ1) is 27.6. The standard InChI is InChI=1S/C25H29N5O6S/c26-18(9-14-5-7-16(31)8-6-14)23(33)28-12-22(32)29-20(24(34)30-21(13-37)25(35)36)10-15-11-27-19-4-2-1-3-17(15)19/h1-8,11,18,20-21,27,31,37H,9-10,12-13,26H2,(H,28,33)(H,29,32)(H,30,34)(H,35,36)/t18-,20-,21-/m0/s1. The fourth-order valence-electron chi connectivity index (χ4n) is 3.71. The van der Waals surface area contributed by atoms with Crippen molar-refractivity contribution in [3.05, 3.63) is 65.9 Å². The number of carbonyl (C=O) groups excluding carboxylic acids is 3. The van der Waals surface area contributed by atoms with Crippen molar-refractivity contribution >= 4 is 47.2 Å². The first-order chi connectivity index (χ1) is 17.7. The number of nitrogens with two attached hydrogens (primary N) is 1. The molecule has 0 aliphatic rings. The van der Waals surface area contributed by atoms with Crippen molar-refractivity contribution in [1.29, 1.82) is 0 Å². The molecule has 3 atom stereocenters. The van der Waals surface area contributed by atoms with Gasteiger partial charge in [0.2, 0.25) is 17.7 Å². The van der Waals surface area contributed by atoms with Gasteiger partial charge in [0.25, 0.3) is 0 Å². The van der Waals surface area contributed by atoms with Crippen LogP contribution in [0.1, 0.15) is 11.1 Å². The number of fused-ring (bicyclic) bond motifs is 1. The molecule has 0 saturated heterocycles. The molecule has 0 aliphatic heterocycles. The number of carboxylic acid groups (broad SMARTS) is 1. The van der Waals surface area contributed by atoms with E-state index in [4.69, 9.17) is 5.73 Å². The lowest BCUT2D eigenvalue weighted by atomic mass is 10.0. The van der Waals surface area contributed by atoms with Gasteiger partial charge in [-0.2, -0.15) is 12.6 Å². The Morgan fingerprint density at radius 3 is 2.32 bits per heavy atom.